The Hall–Kier alpha value is -2.70. The number of aromatic hydroxyl groups is 2. The minimum atomic E-state index is -0.512. The molecule has 2 rings (SSSR count). The molecule has 20 heavy (non-hydrogen) atoms. The molecule has 0 aliphatic carbocycles. The van der Waals surface area contributed by atoms with Gasteiger partial charge in [0.05, 0.1) is 6.42 Å². The molecule has 3 N–H and O–H groups in total. The Bertz CT molecular complexity index is 621. The quantitative estimate of drug-likeness (QED) is 0.790. The normalized spacial score (nSPS) is 10.3. The maximum absolute atomic E-state index is 12.7. The highest BCUT2D eigenvalue weighted by Crippen LogP contribution is 2.29. The predicted octanol–water partition coefficient (Wildman–Crippen LogP) is 1.52. The van der Waals surface area contributed by atoms with Gasteiger partial charge >= 0.3 is 0 Å². The minimum absolute atomic E-state index is 0.0347. The van der Waals surface area contributed by atoms with Crippen molar-refractivity contribution in [2.75, 3.05) is 5.32 Å². The number of hydrogen-bond acceptors (Lipinski definition) is 5. The predicted molar refractivity (Wildman–Crippen MR) is 68.8 cm³/mol. The van der Waals surface area contributed by atoms with Crippen LogP contribution in [0.1, 0.15) is 11.4 Å². The molecule has 1 aromatic heterocycles. The number of halogens is 1. The molecule has 1 heterocycles. The number of nitrogens with one attached hydrogen (secondary N) is 1. The molecule has 0 aliphatic heterocycles. The molecule has 0 aliphatic rings. The first-order valence-corrected chi connectivity index (χ1v) is 5.76. The van der Waals surface area contributed by atoms with Crippen LogP contribution in [0.15, 0.2) is 24.3 Å². The number of benzene rings is 1. The van der Waals surface area contributed by atoms with Crippen molar-refractivity contribution in [3.8, 4) is 11.8 Å². The van der Waals surface area contributed by atoms with Crippen molar-refractivity contribution in [1.82, 2.24) is 9.97 Å². The lowest BCUT2D eigenvalue weighted by Gasteiger charge is -2.08. The van der Waals surface area contributed by atoms with E-state index in [4.69, 9.17) is 0 Å². The molecule has 104 valence electrons. The van der Waals surface area contributed by atoms with Gasteiger partial charge in [-0.3, -0.25) is 4.79 Å². The van der Waals surface area contributed by atoms with Gasteiger partial charge in [0, 0.05) is 0 Å². The maximum atomic E-state index is 12.7. The lowest BCUT2D eigenvalue weighted by atomic mass is 10.1. The molecule has 7 heteroatoms. The zero-order chi connectivity index (χ0) is 14.7. The summed E-state index contributed by atoms with van der Waals surface area (Å²) in [6.07, 6.45) is -0.0347. The van der Waals surface area contributed by atoms with Crippen LogP contribution in [0.5, 0.6) is 11.8 Å². The highest BCUT2D eigenvalue weighted by Gasteiger charge is 2.15. The highest BCUT2D eigenvalue weighted by atomic mass is 19.1. The second-order valence-corrected chi connectivity index (χ2v) is 4.14. The van der Waals surface area contributed by atoms with Crippen molar-refractivity contribution < 1.29 is 19.4 Å². The Labute approximate surface area is 113 Å². The van der Waals surface area contributed by atoms with Gasteiger partial charge in [-0.15, -0.1) is 0 Å². The largest absolute Gasteiger partial charge is 0.492 e. The second kappa shape index (κ2) is 5.52. The van der Waals surface area contributed by atoms with Crippen molar-refractivity contribution in [3.05, 3.63) is 41.5 Å². The SMILES string of the molecule is Cc1nc(O)c(NC(=O)Cc2ccc(F)cc2)c(O)n1. The van der Waals surface area contributed by atoms with Gasteiger partial charge in [0.2, 0.25) is 17.7 Å². The molecule has 1 aromatic carbocycles. The molecule has 0 radical (unpaired) electrons. The molecule has 0 atom stereocenters. The molecule has 0 spiro atoms. The fraction of sp³-hybridized carbons (Fsp3) is 0.154. The minimum Gasteiger partial charge on any atom is -0.492 e. The van der Waals surface area contributed by atoms with Crippen molar-refractivity contribution in [2.24, 2.45) is 0 Å². The van der Waals surface area contributed by atoms with E-state index in [0.717, 1.165) is 0 Å². The van der Waals surface area contributed by atoms with Crippen LogP contribution in [0.2, 0.25) is 0 Å². The third-order valence-electron chi connectivity index (χ3n) is 2.52. The average molecular weight is 277 g/mol. The summed E-state index contributed by atoms with van der Waals surface area (Å²) in [6, 6.07) is 5.43. The van der Waals surface area contributed by atoms with Crippen LogP contribution in [0.3, 0.4) is 0 Å². The molecule has 0 fully saturated rings. The van der Waals surface area contributed by atoms with Crippen molar-refractivity contribution >= 4 is 11.6 Å². The molecule has 0 saturated carbocycles. The Morgan fingerprint density at radius 1 is 1.20 bits per heavy atom. The zero-order valence-electron chi connectivity index (χ0n) is 10.6. The first-order valence-electron chi connectivity index (χ1n) is 5.76. The van der Waals surface area contributed by atoms with Crippen LogP contribution in [0.4, 0.5) is 10.1 Å². The topological polar surface area (TPSA) is 95.3 Å². The Balaban J connectivity index is 2.10. The van der Waals surface area contributed by atoms with Gasteiger partial charge in [-0.25, -0.2) is 4.39 Å². The van der Waals surface area contributed by atoms with E-state index >= 15 is 0 Å². The van der Waals surface area contributed by atoms with E-state index in [1.54, 1.807) is 0 Å². The van der Waals surface area contributed by atoms with Gasteiger partial charge in [-0.2, -0.15) is 9.97 Å². The van der Waals surface area contributed by atoms with E-state index < -0.39 is 23.5 Å². The summed E-state index contributed by atoms with van der Waals surface area (Å²) in [5.41, 5.74) is 0.346. The Morgan fingerprint density at radius 3 is 2.30 bits per heavy atom. The number of nitrogens with zero attached hydrogens (tertiary/aromatic N) is 2. The lowest BCUT2D eigenvalue weighted by molar-refractivity contribution is -0.115. The van der Waals surface area contributed by atoms with Gasteiger partial charge in [0.1, 0.15) is 11.6 Å². The number of carbonyl (C=O) groups excluding carboxylic acids is 1. The van der Waals surface area contributed by atoms with Crippen LogP contribution < -0.4 is 5.32 Å². The van der Waals surface area contributed by atoms with E-state index in [1.165, 1.54) is 31.2 Å². The number of amides is 1. The summed E-state index contributed by atoms with van der Waals surface area (Å²) in [5, 5.41) is 21.4. The van der Waals surface area contributed by atoms with Crippen LogP contribution >= 0.6 is 0 Å². The first kappa shape index (κ1) is 13.7. The molecule has 2 aromatic rings. The summed E-state index contributed by atoms with van der Waals surface area (Å²) >= 11 is 0. The van der Waals surface area contributed by atoms with E-state index in [1.807, 2.05) is 0 Å². The molecule has 1 amide bonds. The number of aromatic nitrogens is 2. The van der Waals surface area contributed by atoms with Gasteiger partial charge in [-0.1, -0.05) is 12.1 Å². The number of rotatable bonds is 3. The van der Waals surface area contributed by atoms with E-state index in [-0.39, 0.29) is 17.9 Å². The maximum Gasteiger partial charge on any atom is 0.242 e. The molecule has 0 saturated heterocycles. The standard InChI is InChI=1S/C13H12FN3O3/c1-7-15-12(19)11(13(20)16-7)17-10(18)6-8-2-4-9(14)5-3-8/h2-5H,6H2,1H3,(H,17,18)(H2,15,16,19,20). The Kier molecular flexibility index (Phi) is 3.79. The first-order chi connectivity index (χ1) is 9.45. The van der Waals surface area contributed by atoms with Crippen molar-refractivity contribution in [2.45, 2.75) is 13.3 Å². The van der Waals surface area contributed by atoms with Crippen LogP contribution in [0.25, 0.3) is 0 Å². The summed E-state index contributed by atoms with van der Waals surface area (Å²) in [5.74, 6) is -1.73. The summed E-state index contributed by atoms with van der Waals surface area (Å²) in [4.78, 5) is 19.0. The van der Waals surface area contributed by atoms with E-state index in [2.05, 4.69) is 15.3 Å². The summed E-state index contributed by atoms with van der Waals surface area (Å²) < 4.78 is 12.7. The molecular weight excluding hydrogens is 265 g/mol. The molecule has 6 nitrogen and oxygen atoms in total. The van der Waals surface area contributed by atoms with Crippen molar-refractivity contribution in [1.29, 1.82) is 0 Å². The summed E-state index contributed by atoms with van der Waals surface area (Å²) in [6.45, 7) is 1.49. The third kappa shape index (κ3) is 3.19. The van der Waals surface area contributed by atoms with Crippen LogP contribution in [-0.2, 0) is 11.2 Å². The Morgan fingerprint density at radius 2 is 1.75 bits per heavy atom. The number of carbonyl (C=O) groups is 1. The zero-order valence-corrected chi connectivity index (χ0v) is 10.6. The van der Waals surface area contributed by atoms with Gasteiger partial charge in [0.25, 0.3) is 0 Å². The second-order valence-electron chi connectivity index (χ2n) is 4.14. The fourth-order valence-corrected chi connectivity index (χ4v) is 1.63. The molecular formula is C13H12FN3O3. The number of hydrogen-bond donors (Lipinski definition) is 3. The molecule has 0 unspecified atom stereocenters. The molecule has 0 bridgehead atoms. The summed E-state index contributed by atoms with van der Waals surface area (Å²) in [7, 11) is 0. The van der Waals surface area contributed by atoms with Gasteiger partial charge in [-0.05, 0) is 24.6 Å². The van der Waals surface area contributed by atoms with E-state index in [0.29, 0.717) is 5.56 Å². The third-order valence-corrected chi connectivity index (χ3v) is 2.52. The number of aryl methyl sites for hydroxylation is 1. The fourth-order valence-electron chi connectivity index (χ4n) is 1.63. The average Bonchev–Trinajstić information content (AvgIpc) is 2.36. The van der Waals surface area contributed by atoms with E-state index in [9.17, 15) is 19.4 Å². The smallest absolute Gasteiger partial charge is 0.242 e. The van der Waals surface area contributed by atoms with Crippen LogP contribution in [-0.4, -0.2) is 26.1 Å². The van der Waals surface area contributed by atoms with Gasteiger partial charge < -0.3 is 15.5 Å². The van der Waals surface area contributed by atoms with Crippen LogP contribution in [0, 0.1) is 12.7 Å². The van der Waals surface area contributed by atoms with Crippen molar-refractivity contribution in [3.63, 3.8) is 0 Å². The number of anilines is 1. The monoisotopic (exact) mass is 277 g/mol. The lowest BCUT2D eigenvalue weighted by Crippen LogP contribution is -2.15. The highest BCUT2D eigenvalue weighted by molar-refractivity contribution is 5.94. The van der Waals surface area contributed by atoms with Gasteiger partial charge in [0.15, 0.2) is 5.69 Å².